The molecule has 0 heterocycles. The molecule has 0 saturated carbocycles. The molecule has 0 aromatic carbocycles. The molecular weight excluding hydrogens is 435 g/mol. The molecule has 0 aromatic rings. The van der Waals surface area contributed by atoms with E-state index < -0.39 is 0 Å². The van der Waals surface area contributed by atoms with Gasteiger partial charge in [-0.25, -0.2) is 0 Å². The second kappa shape index (κ2) is 18.5. The minimum absolute atomic E-state index is 0. The van der Waals surface area contributed by atoms with Crippen LogP contribution in [0.4, 0.5) is 0 Å². The molecular formula is C12H24N4PdS4. The number of thiocarbonyl (C=S) groups is 2. The molecule has 0 aliphatic carbocycles. The van der Waals surface area contributed by atoms with Crippen LogP contribution in [0.1, 0.15) is 40.5 Å². The van der Waals surface area contributed by atoms with Gasteiger partial charge in [0.2, 0.25) is 0 Å². The van der Waals surface area contributed by atoms with Crippen molar-refractivity contribution in [3.63, 3.8) is 0 Å². The number of nitrogens with one attached hydrogen (secondary N) is 2. The summed E-state index contributed by atoms with van der Waals surface area (Å²) in [4.78, 5) is 0. The second-order valence-electron chi connectivity index (χ2n) is 3.61. The van der Waals surface area contributed by atoms with Crippen LogP contribution < -0.4 is 10.9 Å². The minimum Gasteiger partial charge on any atom is -0.262 e. The zero-order chi connectivity index (χ0) is 16.0. The van der Waals surface area contributed by atoms with Crippen LogP contribution in [0.25, 0.3) is 0 Å². The molecule has 0 radical (unpaired) electrons. The van der Waals surface area contributed by atoms with Gasteiger partial charge >= 0.3 is 0 Å². The first kappa shape index (κ1) is 26.4. The Morgan fingerprint density at radius 2 is 1.14 bits per heavy atom. The predicted molar refractivity (Wildman–Crippen MR) is 105 cm³/mol. The summed E-state index contributed by atoms with van der Waals surface area (Å²) < 4.78 is 1.43. The van der Waals surface area contributed by atoms with Crippen LogP contribution in [0.2, 0.25) is 0 Å². The van der Waals surface area contributed by atoms with Gasteiger partial charge in [0, 0.05) is 31.8 Å². The van der Waals surface area contributed by atoms with E-state index in [2.05, 4.69) is 34.9 Å². The summed E-state index contributed by atoms with van der Waals surface area (Å²) >= 11 is 12.7. The maximum absolute atomic E-state index is 4.87. The fraction of sp³-hybridized carbons (Fsp3) is 0.667. The number of nitrogens with zero attached hydrogens (tertiary/aromatic N) is 2. The third kappa shape index (κ3) is 20.5. The number of hydrogen-bond acceptors (Lipinski definition) is 6. The van der Waals surface area contributed by atoms with Gasteiger partial charge in [-0.2, -0.15) is 10.2 Å². The van der Waals surface area contributed by atoms with Crippen LogP contribution in [0, 0.1) is 0 Å². The van der Waals surface area contributed by atoms with Crippen molar-refractivity contribution in [2.45, 2.75) is 40.5 Å². The molecule has 2 N–H and O–H groups in total. The first-order valence-electron chi connectivity index (χ1n) is 6.15. The molecule has 4 nitrogen and oxygen atoms in total. The van der Waals surface area contributed by atoms with Crippen LogP contribution in [-0.4, -0.2) is 32.6 Å². The normalized spacial score (nSPS) is 10.8. The molecule has 0 fully saturated rings. The standard InChI is InChI=1S/2C6H12N2S2.Pd/c2*1-4-5(2)7-8-6(9)10-3;/h2*4H2,1-3H3,(H,8,9);. The van der Waals surface area contributed by atoms with Crippen molar-refractivity contribution in [2.24, 2.45) is 10.2 Å². The molecule has 0 rings (SSSR count). The molecule has 0 amide bonds. The van der Waals surface area contributed by atoms with E-state index in [9.17, 15) is 0 Å². The van der Waals surface area contributed by atoms with Crippen molar-refractivity contribution in [3.8, 4) is 0 Å². The van der Waals surface area contributed by atoms with E-state index in [1.165, 1.54) is 23.5 Å². The molecule has 21 heavy (non-hydrogen) atoms. The van der Waals surface area contributed by atoms with Crippen molar-refractivity contribution >= 4 is 68.0 Å². The topological polar surface area (TPSA) is 48.8 Å². The third-order valence-corrected chi connectivity index (χ3v) is 4.18. The maximum atomic E-state index is 4.87. The van der Waals surface area contributed by atoms with E-state index >= 15 is 0 Å². The first-order chi connectivity index (χ1) is 9.40. The average molecular weight is 459 g/mol. The summed E-state index contributed by atoms with van der Waals surface area (Å²) in [5.74, 6) is 0. The van der Waals surface area contributed by atoms with Gasteiger partial charge in [-0.15, -0.1) is 0 Å². The summed E-state index contributed by atoms with van der Waals surface area (Å²) in [5, 5.41) is 8.04. The summed E-state index contributed by atoms with van der Waals surface area (Å²) in [6.45, 7) is 8.05. The van der Waals surface area contributed by atoms with Crippen molar-refractivity contribution in [3.05, 3.63) is 0 Å². The molecule has 0 aromatic heterocycles. The zero-order valence-corrected chi connectivity index (χ0v) is 18.1. The molecule has 0 aliphatic heterocycles. The van der Waals surface area contributed by atoms with Gasteiger partial charge in [0.05, 0.1) is 0 Å². The van der Waals surface area contributed by atoms with Gasteiger partial charge < -0.3 is 0 Å². The summed E-state index contributed by atoms with van der Waals surface area (Å²) in [7, 11) is 0. The van der Waals surface area contributed by atoms with E-state index in [0.29, 0.717) is 8.64 Å². The Balaban J connectivity index is -0.000000295. The Hall–Kier alpha value is 0.482. The third-order valence-electron chi connectivity index (χ3n) is 2.07. The molecule has 0 saturated heterocycles. The zero-order valence-electron chi connectivity index (χ0n) is 13.3. The Morgan fingerprint density at radius 3 is 1.33 bits per heavy atom. The van der Waals surface area contributed by atoms with Crippen LogP contribution in [-0.2, 0) is 20.4 Å². The van der Waals surface area contributed by atoms with Crippen LogP contribution >= 0.6 is 48.0 Å². The summed E-state index contributed by atoms with van der Waals surface area (Å²) in [5.41, 5.74) is 7.66. The van der Waals surface area contributed by atoms with Crippen molar-refractivity contribution in [1.82, 2.24) is 10.9 Å². The minimum atomic E-state index is 0. The Labute approximate surface area is 161 Å². The van der Waals surface area contributed by atoms with Gasteiger partial charge in [0.15, 0.2) is 8.64 Å². The summed E-state index contributed by atoms with van der Waals surface area (Å²) in [6.07, 6.45) is 5.77. The van der Waals surface area contributed by atoms with Crippen LogP contribution in [0.3, 0.4) is 0 Å². The molecule has 0 atom stereocenters. The number of hydrazone groups is 2. The van der Waals surface area contributed by atoms with E-state index in [-0.39, 0.29) is 20.4 Å². The predicted octanol–water partition coefficient (Wildman–Crippen LogP) is 4.02. The fourth-order valence-corrected chi connectivity index (χ4v) is 0.897. The monoisotopic (exact) mass is 458 g/mol. The number of hydrogen-bond donors (Lipinski definition) is 2. The number of thioether (sulfide) groups is 2. The molecule has 0 spiro atoms. The molecule has 0 bridgehead atoms. The smallest absolute Gasteiger partial charge is 0.153 e. The van der Waals surface area contributed by atoms with Crippen LogP contribution in [0.15, 0.2) is 10.2 Å². The van der Waals surface area contributed by atoms with Crippen molar-refractivity contribution in [2.75, 3.05) is 12.5 Å². The second-order valence-corrected chi connectivity index (χ2v) is 6.57. The van der Waals surface area contributed by atoms with E-state index in [4.69, 9.17) is 24.4 Å². The van der Waals surface area contributed by atoms with Crippen molar-refractivity contribution < 1.29 is 20.4 Å². The van der Waals surface area contributed by atoms with Gasteiger partial charge in [-0.3, -0.25) is 10.9 Å². The first-order valence-corrected chi connectivity index (χ1v) is 9.41. The molecule has 9 heteroatoms. The fourth-order valence-electron chi connectivity index (χ4n) is 0.532. The van der Waals surface area contributed by atoms with Gasteiger partial charge in [0.25, 0.3) is 0 Å². The molecule has 126 valence electrons. The summed E-state index contributed by atoms with van der Waals surface area (Å²) in [6, 6.07) is 0. The molecule has 0 unspecified atom stereocenters. The maximum Gasteiger partial charge on any atom is 0.153 e. The van der Waals surface area contributed by atoms with Gasteiger partial charge in [-0.05, 0) is 39.2 Å². The number of rotatable bonds is 4. The van der Waals surface area contributed by atoms with E-state index in [0.717, 1.165) is 24.3 Å². The van der Waals surface area contributed by atoms with E-state index in [1.807, 2.05) is 26.4 Å². The quantitative estimate of drug-likeness (QED) is 0.287. The Bertz CT molecular complexity index is 325. The van der Waals surface area contributed by atoms with Crippen LogP contribution in [0.5, 0.6) is 0 Å². The largest absolute Gasteiger partial charge is 0.262 e. The average Bonchev–Trinajstić information content (AvgIpc) is 2.49. The SMILES string of the molecule is CCC(C)=NNC(=S)SC.CCC(C)=NNC(=S)SC.[Pd]. The Morgan fingerprint density at radius 1 is 0.857 bits per heavy atom. The van der Waals surface area contributed by atoms with Gasteiger partial charge in [-0.1, -0.05) is 61.8 Å². The Kier molecular flexibility index (Phi) is 23.3. The van der Waals surface area contributed by atoms with Crippen molar-refractivity contribution in [1.29, 1.82) is 0 Å². The van der Waals surface area contributed by atoms with Gasteiger partial charge in [0.1, 0.15) is 0 Å². The van der Waals surface area contributed by atoms with E-state index in [1.54, 1.807) is 0 Å². The molecule has 0 aliphatic rings.